The molecule has 2 rings (SSSR count). The fourth-order valence-electron chi connectivity index (χ4n) is 1.18. The zero-order valence-corrected chi connectivity index (χ0v) is 8.79. The maximum Gasteiger partial charge on any atom is 0.291 e. The standard InChI is InChI=1S/C11H7ClFNO2/c12-10-6-5-9(16-10)11(15)14-8-4-2-1-3-7(8)13/h1-6H,(H,14,15). The number of anilines is 1. The van der Waals surface area contributed by atoms with Crippen molar-refractivity contribution < 1.29 is 13.6 Å². The second kappa shape index (κ2) is 4.37. The summed E-state index contributed by atoms with van der Waals surface area (Å²) in [5.74, 6) is -1.02. The molecule has 0 saturated carbocycles. The second-order valence-corrected chi connectivity index (χ2v) is 3.41. The molecule has 0 radical (unpaired) electrons. The van der Waals surface area contributed by atoms with Crippen LogP contribution < -0.4 is 5.32 Å². The maximum atomic E-state index is 13.2. The van der Waals surface area contributed by atoms with Crippen LogP contribution in [0.25, 0.3) is 0 Å². The van der Waals surface area contributed by atoms with Crippen LogP contribution in [0.15, 0.2) is 40.8 Å². The van der Waals surface area contributed by atoms with E-state index in [0.717, 1.165) is 0 Å². The van der Waals surface area contributed by atoms with Gasteiger partial charge in [-0.1, -0.05) is 12.1 Å². The third-order valence-corrected chi connectivity index (χ3v) is 2.12. The molecule has 1 aromatic carbocycles. The third-order valence-electron chi connectivity index (χ3n) is 1.92. The molecule has 1 heterocycles. The lowest BCUT2D eigenvalue weighted by atomic mass is 10.3. The molecular formula is C11H7ClFNO2. The molecule has 1 amide bonds. The zero-order valence-electron chi connectivity index (χ0n) is 8.04. The molecule has 0 bridgehead atoms. The lowest BCUT2D eigenvalue weighted by Crippen LogP contribution is -2.11. The molecule has 2 aromatic rings. The van der Waals surface area contributed by atoms with Gasteiger partial charge in [0.1, 0.15) is 5.82 Å². The fourth-order valence-corrected chi connectivity index (χ4v) is 1.33. The maximum absolute atomic E-state index is 13.2. The Morgan fingerprint density at radius 1 is 1.25 bits per heavy atom. The molecule has 16 heavy (non-hydrogen) atoms. The Morgan fingerprint density at radius 3 is 2.62 bits per heavy atom. The molecule has 1 N–H and O–H groups in total. The van der Waals surface area contributed by atoms with Crippen molar-refractivity contribution in [2.75, 3.05) is 5.32 Å². The lowest BCUT2D eigenvalue weighted by molar-refractivity contribution is 0.0996. The molecule has 3 nitrogen and oxygen atoms in total. The van der Waals surface area contributed by atoms with Crippen LogP contribution in [0, 0.1) is 5.82 Å². The van der Waals surface area contributed by atoms with Gasteiger partial charge in [0.2, 0.25) is 0 Å². The van der Waals surface area contributed by atoms with Gasteiger partial charge in [0.05, 0.1) is 5.69 Å². The van der Waals surface area contributed by atoms with E-state index in [1.54, 1.807) is 6.07 Å². The van der Waals surface area contributed by atoms with Gasteiger partial charge in [0, 0.05) is 0 Å². The molecule has 0 spiro atoms. The van der Waals surface area contributed by atoms with Crippen LogP contribution in [-0.4, -0.2) is 5.91 Å². The minimum absolute atomic E-state index is 0.0354. The summed E-state index contributed by atoms with van der Waals surface area (Å²) in [6.45, 7) is 0. The largest absolute Gasteiger partial charge is 0.440 e. The zero-order chi connectivity index (χ0) is 11.5. The fraction of sp³-hybridized carbons (Fsp3) is 0. The van der Waals surface area contributed by atoms with E-state index >= 15 is 0 Å². The first kappa shape index (κ1) is 10.7. The number of benzene rings is 1. The van der Waals surface area contributed by atoms with Crippen molar-refractivity contribution in [3.63, 3.8) is 0 Å². The molecule has 0 fully saturated rings. The second-order valence-electron chi connectivity index (χ2n) is 3.04. The SMILES string of the molecule is O=C(Nc1ccccc1F)c1ccc(Cl)o1. The Morgan fingerprint density at radius 2 is 2.00 bits per heavy atom. The van der Waals surface area contributed by atoms with E-state index in [4.69, 9.17) is 16.0 Å². The van der Waals surface area contributed by atoms with Crippen molar-refractivity contribution in [2.24, 2.45) is 0 Å². The van der Waals surface area contributed by atoms with Crippen molar-refractivity contribution >= 4 is 23.2 Å². The van der Waals surface area contributed by atoms with E-state index in [0.29, 0.717) is 0 Å². The van der Waals surface area contributed by atoms with E-state index < -0.39 is 11.7 Å². The number of carbonyl (C=O) groups excluding carboxylic acids is 1. The molecule has 1 aromatic heterocycles. The average Bonchev–Trinajstić information content (AvgIpc) is 2.68. The van der Waals surface area contributed by atoms with E-state index in [2.05, 4.69) is 5.32 Å². The van der Waals surface area contributed by atoms with Crippen molar-refractivity contribution in [1.29, 1.82) is 0 Å². The van der Waals surface area contributed by atoms with Crippen LogP contribution in [0.4, 0.5) is 10.1 Å². The number of para-hydroxylation sites is 1. The van der Waals surface area contributed by atoms with Gasteiger partial charge in [-0.25, -0.2) is 4.39 Å². The van der Waals surface area contributed by atoms with Crippen LogP contribution in [0.2, 0.25) is 5.22 Å². The van der Waals surface area contributed by atoms with Crippen molar-refractivity contribution in [1.82, 2.24) is 0 Å². The van der Waals surface area contributed by atoms with E-state index in [1.807, 2.05) is 0 Å². The lowest BCUT2D eigenvalue weighted by Gasteiger charge is -2.03. The average molecular weight is 240 g/mol. The summed E-state index contributed by atoms with van der Waals surface area (Å²) in [6.07, 6.45) is 0. The van der Waals surface area contributed by atoms with Gasteiger partial charge < -0.3 is 9.73 Å². The normalized spacial score (nSPS) is 10.1. The Kier molecular flexibility index (Phi) is 2.92. The molecule has 0 unspecified atom stereocenters. The Labute approximate surface area is 95.8 Å². The summed E-state index contributed by atoms with van der Waals surface area (Å²) in [4.78, 5) is 11.5. The summed E-state index contributed by atoms with van der Waals surface area (Å²) >= 11 is 5.52. The van der Waals surface area contributed by atoms with Gasteiger partial charge in [0.15, 0.2) is 11.0 Å². The van der Waals surface area contributed by atoms with Crippen LogP contribution in [0.5, 0.6) is 0 Å². The van der Waals surface area contributed by atoms with Crippen molar-refractivity contribution in [2.45, 2.75) is 0 Å². The van der Waals surface area contributed by atoms with Crippen molar-refractivity contribution in [3.8, 4) is 0 Å². The van der Waals surface area contributed by atoms with Gasteiger partial charge in [-0.05, 0) is 35.9 Å². The molecule has 0 aliphatic carbocycles. The molecule has 5 heteroatoms. The first-order valence-corrected chi connectivity index (χ1v) is 4.86. The molecular weight excluding hydrogens is 233 g/mol. The Balaban J connectivity index is 2.17. The highest BCUT2D eigenvalue weighted by molar-refractivity contribution is 6.29. The minimum atomic E-state index is -0.544. The van der Waals surface area contributed by atoms with Gasteiger partial charge >= 0.3 is 0 Å². The van der Waals surface area contributed by atoms with Gasteiger partial charge in [-0.2, -0.15) is 0 Å². The highest BCUT2D eigenvalue weighted by Gasteiger charge is 2.12. The monoisotopic (exact) mass is 239 g/mol. The predicted molar refractivity (Wildman–Crippen MR) is 58.1 cm³/mol. The number of carbonyl (C=O) groups is 1. The van der Waals surface area contributed by atoms with E-state index in [1.165, 1.54) is 30.3 Å². The number of nitrogens with one attached hydrogen (secondary N) is 1. The number of furan rings is 1. The summed E-state index contributed by atoms with van der Waals surface area (Å²) in [5.41, 5.74) is 0.0972. The number of hydrogen-bond donors (Lipinski definition) is 1. The van der Waals surface area contributed by atoms with Gasteiger partial charge in [0.25, 0.3) is 5.91 Å². The molecule has 0 aliphatic heterocycles. The Hall–Kier alpha value is -1.81. The minimum Gasteiger partial charge on any atom is -0.440 e. The van der Waals surface area contributed by atoms with Crippen molar-refractivity contribution in [3.05, 3.63) is 53.2 Å². The van der Waals surface area contributed by atoms with E-state index in [9.17, 15) is 9.18 Å². The third kappa shape index (κ3) is 2.23. The highest BCUT2D eigenvalue weighted by atomic mass is 35.5. The predicted octanol–water partition coefficient (Wildman–Crippen LogP) is 3.32. The first-order chi connectivity index (χ1) is 7.66. The topological polar surface area (TPSA) is 42.2 Å². The van der Waals surface area contributed by atoms with Gasteiger partial charge in [-0.3, -0.25) is 4.79 Å². The molecule has 0 aliphatic rings. The quantitative estimate of drug-likeness (QED) is 0.874. The number of hydrogen-bond acceptors (Lipinski definition) is 2. The van der Waals surface area contributed by atoms with Crippen LogP contribution >= 0.6 is 11.6 Å². The summed E-state index contributed by atoms with van der Waals surface area (Å²) in [7, 11) is 0. The molecule has 82 valence electrons. The first-order valence-electron chi connectivity index (χ1n) is 4.48. The van der Waals surface area contributed by atoms with E-state index in [-0.39, 0.29) is 16.7 Å². The summed E-state index contributed by atoms with van der Waals surface area (Å²) < 4.78 is 18.1. The number of halogens is 2. The van der Waals surface area contributed by atoms with Crippen LogP contribution in [-0.2, 0) is 0 Å². The number of rotatable bonds is 2. The van der Waals surface area contributed by atoms with Crippen LogP contribution in [0.1, 0.15) is 10.6 Å². The summed E-state index contributed by atoms with van der Waals surface area (Å²) in [5, 5.41) is 2.48. The Bertz CT molecular complexity index is 524. The highest BCUT2D eigenvalue weighted by Crippen LogP contribution is 2.17. The molecule has 0 saturated heterocycles. The molecule has 0 atom stereocenters. The smallest absolute Gasteiger partial charge is 0.291 e. The number of amides is 1. The summed E-state index contributed by atoms with van der Waals surface area (Å²) in [6, 6.07) is 8.72. The van der Waals surface area contributed by atoms with Crippen LogP contribution in [0.3, 0.4) is 0 Å². The van der Waals surface area contributed by atoms with Gasteiger partial charge in [-0.15, -0.1) is 0 Å².